The van der Waals surface area contributed by atoms with Gasteiger partial charge in [-0.15, -0.1) is 0 Å². The number of aromatic nitrogens is 3. The summed E-state index contributed by atoms with van der Waals surface area (Å²) in [6, 6.07) is 16.4. The van der Waals surface area contributed by atoms with Crippen LogP contribution in [0, 0.1) is 0 Å². The molecule has 0 amide bonds. The second kappa shape index (κ2) is 26.6. The van der Waals surface area contributed by atoms with Crippen LogP contribution in [0.3, 0.4) is 0 Å². The van der Waals surface area contributed by atoms with Gasteiger partial charge < -0.3 is 29.3 Å². The topological polar surface area (TPSA) is 104 Å². The molecule has 3 rings (SSSR count). The van der Waals surface area contributed by atoms with E-state index in [4.69, 9.17) is 14.6 Å². The summed E-state index contributed by atoms with van der Waals surface area (Å²) >= 11 is 9.72. The Morgan fingerprint density at radius 2 is 1.07 bits per heavy atom. The summed E-state index contributed by atoms with van der Waals surface area (Å²) in [7, 11) is 11.8. The normalized spacial score (nSPS) is 9.83. The third kappa shape index (κ3) is 25.7. The zero-order chi connectivity index (χ0) is 31.0. The van der Waals surface area contributed by atoms with Crippen molar-refractivity contribution < 1.29 is 19.4 Å². The quantitative estimate of drug-likeness (QED) is 0.201. The van der Waals surface area contributed by atoms with E-state index in [-0.39, 0.29) is 14.0 Å². The smallest absolute Gasteiger partial charge is 0.214 e. The van der Waals surface area contributed by atoms with E-state index in [1.54, 1.807) is 18.2 Å². The van der Waals surface area contributed by atoms with E-state index >= 15 is 0 Å². The number of aldehydes is 1. The van der Waals surface area contributed by atoms with Crippen molar-refractivity contribution in [3.05, 3.63) is 74.1 Å². The van der Waals surface area contributed by atoms with Gasteiger partial charge in [-0.05, 0) is 114 Å². The Kier molecular flexibility index (Phi) is 26.7. The number of aliphatic hydroxyl groups is 1. The van der Waals surface area contributed by atoms with E-state index in [0.29, 0.717) is 37.0 Å². The average molecular weight is 781 g/mol. The van der Waals surface area contributed by atoms with E-state index in [1.165, 1.54) is 0 Å². The number of hydrogen-bond donors (Lipinski definition) is 1. The lowest BCUT2D eigenvalue weighted by Gasteiger charge is -2.10. The van der Waals surface area contributed by atoms with Crippen LogP contribution in [-0.4, -0.2) is 123 Å². The summed E-state index contributed by atoms with van der Waals surface area (Å²) < 4.78 is 13.3. The van der Waals surface area contributed by atoms with Crippen LogP contribution in [-0.2, 0) is 0 Å². The van der Waals surface area contributed by atoms with Gasteiger partial charge in [-0.3, -0.25) is 4.79 Å². The Bertz CT molecular complexity index is 1080. The highest BCUT2D eigenvalue weighted by atomic mass is 79.9. The molecule has 0 aliphatic heterocycles. The highest BCUT2D eigenvalue weighted by Crippen LogP contribution is 2.12. The Hall–Kier alpha value is -2.00. The zero-order valence-corrected chi connectivity index (χ0v) is 29.3. The van der Waals surface area contributed by atoms with Crippen molar-refractivity contribution in [3.8, 4) is 11.8 Å². The van der Waals surface area contributed by atoms with Gasteiger partial charge in [-0.1, -0.05) is 25.6 Å². The van der Waals surface area contributed by atoms with Crippen LogP contribution in [0.25, 0.3) is 0 Å². The van der Waals surface area contributed by atoms with Gasteiger partial charge >= 0.3 is 0 Å². The summed E-state index contributed by atoms with van der Waals surface area (Å²) in [5.74, 6) is 1.16. The first kappa shape index (κ1) is 42.1. The number of halogens is 3. The van der Waals surface area contributed by atoms with Crippen LogP contribution >= 0.6 is 47.8 Å². The Morgan fingerprint density at radius 1 is 0.667 bits per heavy atom. The summed E-state index contributed by atoms with van der Waals surface area (Å²) in [5.41, 5.74) is 0.396. The first-order valence-electron chi connectivity index (χ1n) is 12.6. The Balaban J connectivity index is 0. The molecule has 0 aromatic carbocycles. The standard InChI is InChI=1S/C10H14N2O2.C9H13BrN2O.C5H3Br2N.C4H11NO.CH4/c1-12(2)6-7-14-10-5-3-4-9(8-13)11-10;1-12(2)6-7-13-9-5-3-4-8(10)11-9;6-4-2-1-3-5(7)8-4;1-5(2)3-4-6;/h3-5,8H,6-7H2,1-2H3;3-5H,6-7H2,1-2H3;1-3H;6H,3-4H2,1-2H3;1H4. The van der Waals surface area contributed by atoms with Crippen molar-refractivity contribution in [1.82, 2.24) is 29.7 Å². The lowest BCUT2D eigenvalue weighted by molar-refractivity contribution is 0.111. The summed E-state index contributed by atoms with van der Waals surface area (Å²) in [6.07, 6.45) is 0.707. The van der Waals surface area contributed by atoms with Gasteiger partial charge in [0.25, 0.3) is 0 Å². The first-order chi connectivity index (χ1) is 19.5. The number of likely N-dealkylation sites (N-methyl/N-ethyl adjacent to an activating group) is 3. The third-order valence-electron chi connectivity index (χ3n) is 4.36. The van der Waals surface area contributed by atoms with E-state index in [2.05, 4.69) is 67.6 Å². The lowest BCUT2D eigenvalue weighted by atomic mass is 10.4. The monoisotopic (exact) mass is 778 g/mol. The van der Waals surface area contributed by atoms with Gasteiger partial charge in [0.05, 0.1) is 6.61 Å². The minimum absolute atomic E-state index is 0. The van der Waals surface area contributed by atoms with E-state index in [1.807, 2.05) is 88.5 Å². The van der Waals surface area contributed by atoms with Gasteiger partial charge in [0.15, 0.2) is 6.29 Å². The Morgan fingerprint density at radius 3 is 1.40 bits per heavy atom. The van der Waals surface area contributed by atoms with Crippen molar-refractivity contribution in [2.75, 3.05) is 81.7 Å². The molecule has 42 heavy (non-hydrogen) atoms. The second-order valence-corrected chi connectivity index (χ2v) is 11.4. The fourth-order valence-corrected chi connectivity index (χ4v) is 3.55. The number of hydrogen-bond acceptors (Lipinski definition) is 10. The van der Waals surface area contributed by atoms with Crippen LogP contribution in [0.4, 0.5) is 0 Å². The molecule has 0 atom stereocenters. The fourth-order valence-electron chi connectivity index (χ4n) is 2.30. The van der Waals surface area contributed by atoms with Crippen molar-refractivity contribution >= 4 is 54.1 Å². The molecule has 10 nitrogen and oxygen atoms in total. The molecule has 0 saturated heterocycles. The van der Waals surface area contributed by atoms with Crippen LogP contribution in [0.15, 0.2) is 68.4 Å². The van der Waals surface area contributed by atoms with Crippen molar-refractivity contribution in [3.63, 3.8) is 0 Å². The lowest BCUT2D eigenvalue weighted by Crippen LogP contribution is -2.19. The predicted octanol–water partition coefficient (Wildman–Crippen LogP) is 5.40. The molecule has 0 aliphatic rings. The van der Waals surface area contributed by atoms with Gasteiger partial charge in [0.1, 0.15) is 32.7 Å². The number of carbonyl (C=O) groups excluding carboxylic acids is 1. The predicted molar refractivity (Wildman–Crippen MR) is 182 cm³/mol. The molecule has 13 heteroatoms. The maximum absolute atomic E-state index is 10.4. The number of aliphatic hydroxyl groups excluding tert-OH is 1. The van der Waals surface area contributed by atoms with Gasteiger partial charge in [-0.2, -0.15) is 0 Å². The number of rotatable bonds is 11. The minimum Gasteiger partial charge on any atom is -0.476 e. The summed E-state index contributed by atoms with van der Waals surface area (Å²) in [4.78, 5) is 28.6. The molecule has 0 radical (unpaired) electrons. The molecule has 0 saturated carbocycles. The summed E-state index contributed by atoms with van der Waals surface area (Å²) in [5, 5.41) is 8.20. The van der Waals surface area contributed by atoms with Gasteiger partial charge in [0, 0.05) is 31.8 Å². The minimum atomic E-state index is 0. The van der Waals surface area contributed by atoms with E-state index < -0.39 is 0 Å². The maximum atomic E-state index is 10.4. The van der Waals surface area contributed by atoms with Crippen molar-refractivity contribution in [2.45, 2.75) is 7.43 Å². The Labute approximate surface area is 276 Å². The molecule has 1 N–H and O–H groups in total. The average Bonchev–Trinajstić information content (AvgIpc) is 2.89. The zero-order valence-electron chi connectivity index (χ0n) is 24.5. The van der Waals surface area contributed by atoms with Gasteiger partial charge in [0.2, 0.25) is 11.8 Å². The highest BCUT2D eigenvalue weighted by molar-refractivity contribution is 9.11. The molecular weight excluding hydrogens is 736 g/mol. The van der Waals surface area contributed by atoms with Crippen LogP contribution < -0.4 is 9.47 Å². The maximum Gasteiger partial charge on any atom is 0.214 e. The molecule has 3 heterocycles. The molecule has 0 fully saturated rings. The van der Waals surface area contributed by atoms with Crippen molar-refractivity contribution in [2.24, 2.45) is 0 Å². The molecular formula is C29H45Br3N6O4. The second-order valence-electron chi connectivity index (χ2n) is 8.93. The van der Waals surface area contributed by atoms with Crippen LogP contribution in [0.5, 0.6) is 11.8 Å². The SMILES string of the molecule is Brc1cccc(Br)n1.C.CN(C)CCO.CN(C)CCOc1cccc(Br)n1.CN(C)CCOc1cccc(C=O)n1. The molecule has 0 aliphatic carbocycles. The van der Waals surface area contributed by atoms with E-state index in [0.717, 1.165) is 33.4 Å². The molecule has 236 valence electrons. The van der Waals surface area contributed by atoms with Gasteiger partial charge in [-0.25, -0.2) is 15.0 Å². The van der Waals surface area contributed by atoms with Crippen LogP contribution in [0.1, 0.15) is 17.9 Å². The molecule has 0 spiro atoms. The third-order valence-corrected chi connectivity index (χ3v) is 5.69. The fraction of sp³-hybridized carbons (Fsp3) is 0.448. The van der Waals surface area contributed by atoms with E-state index in [9.17, 15) is 4.79 Å². The molecule has 3 aromatic rings. The largest absolute Gasteiger partial charge is 0.476 e. The van der Waals surface area contributed by atoms with Crippen LogP contribution in [0.2, 0.25) is 0 Å². The first-order valence-corrected chi connectivity index (χ1v) is 15.0. The molecule has 0 unspecified atom stereocenters. The number of ether oxygens (including phenoxy) is 2. The summed E-state index contributed by atoms with van der Waals surface area (Å²) in [6.45, 7) is 3.98. The molecule has 0 bridgehead atoms. The number of carbonyl (C=O) groups is 1. The molecule has 3 aromatic heterocycles. The highest BCUT2D eigenvalue weighted by Gasteiger charge is 1.98. The number of nitrogens with zero attached hydrogens (tertiary/aromatic N) is 6. The number of pyridine rings is 3. The van der Waals surface area contributed by atoms with Crippen molar-refractivity contribution in [1.29, 1.82) is 0 Å².